The molecule has 1 N–H and O–H groups in total. The van der Waals surface area contributed by atoms with Crippen LogP contribution in [0.5, 0.6) is 0 Å². The number of rotatable bonds is 2. The largest absolute Gasteiger partial charge is 0.481 e. The molecule has 0 radical (unpaired) electrons. The fourth-order valence-electron chi connectivity index (χ4n) is 3.26. The molecule has 0 saturated heterocycles. The third-order valence-electron chi connectivity index (χ3n) is 4.57. The first-order chi connectivity index (χ1) is 12.0. The van der Waals surface area contributed by atoms with Crippen LogP contribution in [0, 0.1) is 23.6 Å². The van der Waals surface area contributed by atoms with Crippen LogP contribution in [0.25, 0.3) is 0 Å². The summed E-state index contributed by atoms with van der Waals surface area (Å²) >= 11 is 0. The van der Waals surface area contributed by atoms with E-state index in [1.807, 2.05) is 30.3 Å². The number of hydrogen-bond donors (Lipinski definition) is 1. The van der Waals surface area contributed by atoms with Crippen LogP contribution in [-0.4, -0.2) is 21.7 Å². The minimum Gasteiger partial charge on any atom is -0.481 e. The fourth-order valence-corrected chi connectivity index (χ4v) is 3.26. The monoisotopic (exact) mass is 341 g/mol. The molecule has 1 unspecified atom stereocenters. The molecule has 2 aromatic rings. The summed E-state index contributed by atoms with van der Waals surface area (Å²) in [5.74, 6) is 2.79. The molecule has 1 fully saturated rings. The molecule has 1 aromatic heterocycles. The van der Waals surface area contributed by atoms with E-state index in [0.717, 1.165) is 11.8 Å². The summed E-state index contributed by atoms with van der Waals surface area (Å²) in [6, 6.07) is 11.7. The van der Waals surface area contributed by atoms with Crippen molar-refractivity contribution >= 4 is 5.97 Å². The SMILES string of the molecule is O=C(O)C1CC[C@](F)(C#Cc2ccc(F)cn2)C[C@H]1c1ccccc1. The highest BCUT2D eigenvalue weighted by molar-refractivity contribution is 5.71. The Morgan fingerprint density at radius 2 is 2.00 bits per heavy atom. The highest BCUT2D eigenvalue weighted by atomic mass is 19.1. The van der Waals surface area contributed by atoms with E-state index < -0.39 is 29.3 Å². The van der Waals surface area contributed by atoms with Gasteiger partial charge in [-0.3, -0.25) is 4.79 Å². The van der Waals surface area contributed by atoms with Crippen LogP contribution < -0.4 is 0 Å². The van der Waals surface area contributed by atoms with Crippen LogP contribution in [0.1, 0.15) is 36.4 Å². The summed E-state index contributed by atoms with van der Waals surface area (Å²) in [5, 5.41) is 9.47. The van der Waals surface area contributed by atoms with Crippen molar-refractivity contribution in [3.8, 4) is 11.8 Å². The lowest BCUT2D eigenvalue weighted by molar-refractivity contribution is -0.144. The molecule has 3 atom stereocenters. The van der Waals surface area contributed by atoms with E-state index in [9.17, 15) is 14.3 Å². The van der Waals surface area contributed by atoms with E-state index in [-0.39, 0.29) is 25.0 Å². The number of pyridine rings is 1. The van der Waals surface area contributed by atoms with Crippen molar-refractivity contribution in [1.29, 1.82) is 0 Å². The first-order valence-corrected chi connectivity index (χ1v) is 8.08. The van der Waals surface area contributed by atoms with Crippen LogP contribution in [0.4, 0.5) is 8.78 Å². The Kier molecular flexibility index (Phi) is 4.80. The van der Waals surface area contributed by atoms with Gasteiger partial charge in [-0.25, -0.2) is 13.8 Å². The molecule has 3 nitrogen and oxygen atoms in total. The topological polar surface area (TPSA) is 50.2 Å². The van der Waals surface area contributed by atoms with Crippen molar-refractivity contribution in [3.05, 3.63) is 65.7 Å². The molecule has 0 aliphatic heterocycles. The van der Waals surface area contributed by atoms with Gasteiger partial charge in [0.15, 0.2) is 5.67 Å². The average Bonchev–Trinajstić information content (AvgIpc) is 2.62. The Bertz CT molecular complexity index is 811. The Balaban J connectivity index is 1.86. The van der Waals surface area contributed by atoms with Gasteiger partial charge in [-0.05, 0) is 36.5 Å². The van der Waals surface area contributed by atoms with Gasteiger partial charge in [0.2, 0.25) is 0 Å². The second-order valence-electron chi connectivity index (χ2n) is 6.28. The van der Waals surface area contributed by atoms with Gasteiger partial charge in [0, 0.05) is 12.3 Å². The molecule has 0 amide bonds. The van der Waals surface area contributed by atoms with Crippen molar-refractivity contribution in [2.45, 2.75) is 30.8 Å². The van der Waals surface area contributed by atoms with Gasteiger partial charge in [-0.15, -0.1) is 0 Å². The maximum atomic E-state index is 15.2. The summed E-state index contributed by atoms with van der Waals surface area (Å²) in [5.41, 5.74) is -0.698. The minimum atomic E-state index is -1.79. The van der Waals surface area contributed by atoms with E-state index in [0.29, 0.717) is 0 Å². The van der Waals surface area contributed by atoms with Gasteiger partial charge in [-0.1, -0.05) is 36.3 Å². The van der Waals surface area contributed by atoms with Crippen molar-refractivity contribution in [2.24, 2.45) is 5.92 Å². The van der Waals surface area contributed by atoms with Crippen LogP contribution >= 0.6 is 0 Å². The van der Waals surface area contributed by atoms with Gasteiger partial charge in [-0.2, -0.15) is 0 Å². The number of alkyl halides is 1. The third-order valence-corrected chi connectivity index (χ3v) is 4.57. The van der Waals surface area contributed by atoms with Crippen molar-refractivity contribution in [2.75, 3.05) is 0 Å². The predicted molar refractivity (Wildman–Crippen MR) is 89.1 cm³/mol. The molecule has 5 heteroatoms. The molecule has 25 heavy (non-hydrogen) atoms. The maximum Gasteiger partial charge on any atom is 0.307 e. The number of carboxylic acids is 1. The maximum absolute atomic E-state index is 15.2. The number of hydrogen-bond acceptors (Lipinski definition) is 2. The average molecular weight is 341 g/mol. The van der Waals surface area contributed by atoms with Crippen LogP contribution in [0.2, 0.25) is 0 Å². The predicted octanol–water partition coefficient (Wildman–Crippen LogP) is 3.95. The molecule has 128 valence electrons. The standard InChI is InChI=1S/C20H17F2NO2/c21-15-6-7-16(23-13-15)8-10-20(22)11-9-17(19(24)25)18(12-20)14-4-2-1-3-5-14/h1-7,13,17-18H,9,11-12H2,(H,24,25)/t17?,18-,20+/m0/s1. The summed E-state index contributed by atoms with van der Waals surface area (Å²) in [7, 11) is 0. The molecular formula is C20H17F2NO2. The van der Waals surface area contributed by atoms with Gasteiger partial charge < -0.3 is 5.11 Å². The summed E-state index contributed by atoms with van der Waals surface area (Å²) < 4.78 is 28.1. The first-order valence-electron chi connectivity index (χ1n) is 8.08. The lowest BCUT2D eigenvalue weighted by Crippen LogP contribution is -2.37. The third kappa shape index (κ3) is 4.03. The van der Waals surface area contributed by atoms with Crippen molar-refractivity contribution < 1.29 is 18.7 Å². The highest BCUT2D eigenvalue weighted by Gasteiger charge is 2.43. The van der Waals surface area contributed by atoms with Gasteiger partial charge in [0.25, 0.3) is 0 Å². The normalized spacial score (nSPS) is 25.7. The zero-order chi connectivity index (χ0) is 17.9. The fraction of sp³-hybridized carbons (Fsp3) is 0.300. The molecule has 0 bridgehead atoms. The van der Waals surface area contributed by atoms with Crippen molar-refractivity contribution in [1.82, 2.24) is 4.98 Å². The zero-order valence-electron chi connectivity index (χ0n) is 13.5. The quantitative estimate of drug-likeness (QED) is 0.842. The van der Waals surface area contributed by atoms with Crippen molar-refractivity contribution in [3.63, 3.8) is 0 Å². The summed E-state index contributed by atoms with van der Waals surface area (Å²) in [6.45, 7) is 0. The lowest BCUT2D eigenvalue weighted by Gasteiger charge is -2.35. The Labute approximate surface area is 144 Å². The molecular weight excluding hydrogens is 324 g/mol. The summed E-state index contributed by atoms with van der Waals surface area (Å²) in [6.07, 6.45) is 1.32. The summed E-state index contributed by atoms with van der Waals surface area (Å²) in [4.78, 5) is 15.4. The number of carboxylic acid groups (broad SMARTS) is 1. The van der Waals surface area contributed by atoms with Crippen LogP contribution in [0.15, 0.2) is 48.7 Å². The van der Waals surface area contributed by atoms with Crippen LogP contribution in [-0.2, 0) is 4.79 Å². The van der Waals surface area contributed by atoms with E-state index in [4.69, 9.17) is 0 Å². The highest BCUT2D eigenvalue weighted by Crippen LogP contribution is 2.44. The second-order valence-corrected chi connectivity index (χ2v) is 6.28. The first kappa shape index (κ1) is 17.1. The number of aromatic nitrogens is 1. The second kappa shape index (κ2) is 7.02. The van der Waals surface area contributed by atoms with Crippen LogP contribution in [0.3, 0.4) is 0 Å². The molecule has 1 aliphatic rings. The van der Waals surface area contributed by atoms with E-state index in [2.05, 4.69) is 16.8 Å². The van der Waals surface area contributed by atoms with Gasteiger partial charge in [0.05, 0.1) is 12.1 Å². The van der Waals surface area contributed by atoms with Gasteiger partial charge >= 0.3 is 5.97 Å². The molecule has 1 aliphatic carbocycles. The van der Waals surface area contributed by atoms with E-state index in [1.54, 1.807) is 0 Å². The molecule has 1 heterocycles. The minimum absolute atomic E-state index is 0.0160. The number of nitrogens with zero attached hydrogens (tertiary/aromatic N) is 1. The Hall–Kier alpha value is -2.74. The zero-order valence-corrected chi connectivity index (χ0v) is 13.5. The van der Waals surface area contributed by atoms with E-state index >= 15 is 4.39 Å². The molecule has 1 aromatic carbocycles. The number of halogens is 2. The molecule has 1 saturated carbocycles. The number of aliphatic carboxylic acids is 1. The molecule has 3 rings (SSSR count). The molecule has 0 spiro atoms. The van der Waals surface area contributed by atoms with Gasteiger partial charge in [0.1, 0.15) is 11.5 Å². The smallest absolute Gasteiger partial charge is 0.307 e. The Morgan fingerprint density at radius 3 is 2.64 bits per heavy atom. The number of carbonyl (C=O) groups is 1. The van der Waals surface area contributed by atoms with E-state index in [1.165, 1.54) is 12.1 Å². The Morgan fingerprint density at radius 1 is 1.24 bits per heavy atom. The number of benzene rings is 1. The lowest BCUT2D eigenvalue weighted by atomic mass is 9.70.